The van der Waals surface area contributed by atoms with Crippen molar-refractivity contribution >= 4 is 17.3 Å². The number of carbonyl (C=O) groups is 1. The summed E-state index contributed by atoms with van der Waals surface area (Å²) in [6.45, 7) is 1.65. The van der Waals surface area contributed by atoms with Crippen LogP contribution in [0.25, 0.3) is 0 Å². The number of carbonyl (C=O) groups excluding carboxylic acids is 1. The van der Waals surface area contributed by atoms with Crippen molar-refractivity contribution in [3.05, 3.63) is 71.8 Å². The quantitative estimate of drug-likeness (QED) is 0.308. The van der Waals surface area contributed by atoms with E-state index < -0.39 is 0 Å². The first-order valence-corrected chi connectivity index (χ1v) is 7.58. The molecule has 0 aliphatic carbocycles. The number of ether oxygens (including phenoxy) is 1. The lowest BCUT2D eigenvalue weighted by atomic mass is 9.86. The summed E-state index contributed by atoms with van der Waals surface area (Å²) in [5.74, 6) is 0.638. The van der Waals surface area contributed by atoms with Gasteiger partial charge < -0.3 is 9.94 Å². The zero-order chi connectivity index (χ0) is 17.1. The monoisotopic (exact) mass is 322 g/mol. The summed E-state index contributed by atoms with van der Waals surface area (Å²) in [7, 11) is 1.61. The number of hydrogen-bond acceptors (Lipinski definition) is 4. The van der Waals surface area contributed by atoms with Crippen molar-refractivity contribution in [1.29, 1.82) is 0 Å². The molecule has 0 bridgehead atoms. The summed E-state index contributed by atoms with van der Waals surface area (Å²) >= 11 is 0. The Morgan fingerprint density at radius 3 is 2.42 bits per heavy atom. The summed E-state index contributed by atoms with van der Waals surface area (Å²) in [5.41, 5.74) is 2.80. The number of benzene rings is 2. The molecule has 2 aromatic carbocycles. The number of amides is 1. The van der Waals surface area contributed by atoms with Crippen LogP contribution in [0.3, 0.4) is 0 Å². The Bertz CT molecular complexity index is 795. The van der Waals surface area contributed by atoms with Crippen molar-refractivity contribution in [1.82, 2.24) is 0 Å². The largest absolute Gasteiger partial charge is 0.497 e. The van der Waals surface area contributed by atoms with Crippen molar-refractivity contribution < 1.29 is 14.7 Å². The minimum absolute atomic E-state index is 0.1000. The molecule has 1 N–H and O–H groups in total. The van der Waals surface area contributed by atoms with Crippen LogP contribution in [-0.4, -0.2) is 23.9 Å². The maximum Gasteiger partial charge on any atom is 0.257 e. The standard InChI is InChI=1S/C19H18N2O3/c1-13(20-23)12-17-18(14-6-4-3-5-7-14)21(19(17)22)15-8-10-16(24-2)11-9-15/h3-12,18,23H,1-2H3. The van der Waals surface area contributed by atoms with Crippen molar-refractivity contribution in [3.8, 4) is 5.75 Å². The molecular weight excluding hydrogens is 304 g/mol. The number of hydrogen-bond donors (Lipinski definition) is 1. The Balaban J connectivity index is 2.01. The average Bonchev–Trinajstić information content (AvgIpc) is 2.64. The van der Waals surface area contributed by atoms with Crippen LogP contribution in [-0.2, 0) is 4.79 Å². The number of oxime groups is 1. The lowest BCUT2D eigenvalue weighted by molar-refractivity contribution is -0.119. The Labute approximate surface area is 140 Å². The van der Waals surface area contributed by atoms with Crippen LogP contribution in [0.1, 0.15) is 18.5 Å². The summed E-state index contributed by atoms with van der Waals surface area (Å²) in [6, 6.07) is 16.9. The number of methoxy groups -OCH3 is 1. The van der Waals surface area contributed by atoms with Crippen molar-refractivity contribution in [2.45, 2.75) is 13.0 Å². The first-order valence-electron chi connectivity index (χ1n) is 7.58. The summed E-state index contributed by atoms with van der Waals surface area (Å²) in [6.07, 6.45) is 1.63. The Morgan fingerprint density at radius 2 is 1.83 bits per heavy atom. The van der Waals surface area contributed by atoms with E-state index in [9.17, 15) is 4.79 Å². The lowest BCUT2D eigenvalue weighted by Crippen LogP contribution is -2.49. The van der Waals surface area contributed by atoms with Gasteiger partial charge in [0.1, 0.15) is 5.75 Å². The van der Waals surface area contributed by atoms with E-state index in [2.05, 4.69) is 5.16 Å². The molecule has 3 rings (SSSR count). The van der Waals surface area contributed by atoms with Gasteiger partial charge in [-0.1, -0.05) is 35.5 Å². The van der Waals surface area contributed by atoms with Gasteiger partial charge >= 0.3 is 0 Å². The van der Waals surface area contributed by atoms with Crippen LogP contribution in [0.15, 0.2) is 71.4 Å². The minimum Gasteiger partial charge on any atom is -0.497 e. The second-order valence-electron chi connectivity index (χ2n) is 5.53. The van der Waals surface area contributed by atoms with Crippen LogP contribution in [0, 0.1) is 0 Å². The third-order valence-electron chi connectivity index (χ3n) is 4.01. The van der Waals surface area contributed by atoms with E-state index in [-0.39, 0.29) is 11.9 Å². The fourth-order valence-electron chi connectivity index (χ4n) is 2.81. The molecule has 122 valence electrons. The molecule has 1 heterocycles. The second kappa shape index (κ2) is 6.58. The molecule has 2 aromatic rings. The third-order valence-corrected chi connectivity index (χ3v) is 4.01. The zero-order valence-electron chi connectivity index (χ0n) is 13.5. The van der Waals surface area contributed by atoms with Gasteiger partial charge in [-0.3, -0.25) is 9.69 Å². The van der Waals surface area contributed by atoms with Gasteiger partial charge in [0.2, 0.25) is 0 Å². The number of nitrogens with zero attached hydrogens (tertiary/aromatic N) is 2. The predicted octanol–water partition coefficient (Wildman–Crippen LogP) is 3.56. The molecule has 0 radical (unpaired) electrons. The molecular formula is C19H18N2O3. The van der Waals surface area contributed by atoms with Gasteiger partial charge in [0.05, 0.1) is 18.9 Å². The fourth-order valence-corrected chi connectivity index (χ4v) is 2.81. The topological polar surface area (TPSA) is 62.1 Å². The van der Waals surface area contributed by atoms with E-state index in [0.717, 1.165) is 17.0 Å². The summed E-state index contributed by atoms with van der Waals surface area (Å²) in [5, 5.41) is 12.0. The summed E-state index contributed by atoms with van der Waals surface area (Å²) < 4.78 is 5.17. The Kier molecular flexibility index (Phi) is 4.33. The van der Waals surface area contributed by atoms with Gasteiger partial charge in [-0.15, -0.1) is 0 Å². The minimum atomic E-state index is -0.205. The zero-order valence-corrected chi connectivity index (χ0v) is 13.5. The van der Waals surface area contributed by atoms with Crippen LogP contribution < -0.4 is 9.64 Å². The van der Waals surface area contributed by atoms with E-state index in [0.29, 0.717) is 11.3 Å². The highest BCUT2D eigenvalue weighted by atomic mass is 16.5. The smallest absolute Gasteiger partial charge is 0.257 e. The van der Waals surface area contributed by atoms with Gasteiger partial charge in [-0.2, -0.15) is 0 Å². The van der Waals surface area contributed by atoms with E-state index in [4.69, 9.17) is 9.94 Å². The molecule has 1 unspecified atom stereocenters. The maximum atomic E-state index is 12.6. The molecule has 5 nitrogen and oxygen atoms in total. The van der Waals surface area contributed by atoms with Crippen LogP contribution in [0.4, 0.5) is 5.69 Å². The fraction of sp³-hybridized carbons (Fsp3) is 0.158. The Hall–Kier alpha value is -3.08. The van der Waals surface area contributed by atoms with Gasteiger partial charge in [-0.05, 0) is 42.8 Å². The molecule has 0 saturated carbocycles. The number of β-lactam (4-membered cyclic amide) rings is 1. The van der Waals surface area contributed by atoms with Gasteiger partial charge in [0.15, 0.2) is 0 Å². The maximum absolute atomic E-state index is 12.6. The highest BCUT2D eigenvalue weighted by Crippen LogP contribution is 2.43. The molecule has 1 amide bonds. The average molecular weight is 322 g/mol. The predicted molar refractivity (Wildman–Crippen MR) is 92.6 cm³/mol. The highest BCUT2D eigenvalue weighted by Gasteiger charge is 2.43. The lowest BCUT2D eigenvalue weighted by Gasteiger charge is -2.43. The molecule has 1 aliphatic rings. The summed E-state index contributed by atoms with van der Waals surface area (Å²) in [4.78, 5) is 14.4. The van der Waals surface area contributed by atoms with Crippen LogP contribution >= 0.6 is 0 Å². The van der Waals surface area contributed by atoms with E-state index in [1.165, 1.54) is 0 Å². The van der Waals surface area contributed by atoms with Gasteiger partial charge in [0.25, 0.3) is 5.91 Å². The third kappa shape index (κ3) is 2.76. The molecule has 1 fully saturated rings. The second-order valence-corrected chi connectivity index (χ2v) is 5.53. The normalized spacial score (nSPS) is 19.3. The Morgan fingerprint density at radius 1 is 1.17 bits per heavy atom. The molecule has 5 heteroatoms. The number of allylic oxidation sites excluding steroid dienone is 1. The molecule has 24 heavy (non-hydrogen) atoms. The van der Waals surface area contributed by atoms with Crippen LogP contribution in [0.2, 0.25) is 0 Å². The molecule has 1 saturated heterocycles. The highest BCUT2D eigenvalue weighted by molar-refractivity contribution is 6.18. The van der Waals surface area contributed by atoms with E-state index >= 15 is 0 Å². The van der Waals surface area contributed by atoms with E-state index in [1.54, 1.807) is 25.0 Å². The first kappa shape index (κ1) is 15.8. The number of rotatable bonds is 4. The molecule has 1 aliphatic heterocycles. The van der Waals surface area contributed by atoms with Crippen molar-refractivity contribution in [2.75, 3.05) is 12.0 Å². The molecule has 1 atom stereocenters. The first-order chi connectivity index (χ1) is 11.7. The van der Waals surface area contributed by atoms with Crippen LogP contribution in [0.5, 0.6) is 5.75 Å². The van der Waals surface area contributed by atoms with Crippen molar-refractivity contribution in [2.24, 2.45) is 5.16 Å². The van der Waals surface area contributed by atoms with Gasteiger partial charge in [0, 0.05) is 11.3 Å². The van der Waals surface area contributed by atoms with Crippen molar-refractivity contribution in [3.63, 3.8) is 0 Å². The van der Waals surface area contributed by atoms with Gasteiger partial charge in [-0.25, -0.2) is 0 Å². The van der Waals surface area contributed by atoms with E-state index in [1.807, 2.05) is 54.6 Å². The SMILES string of the molecule is COc1ccc(N2C(=O)C(=CC(C)=NO)C2c2ccccc2)cc1. The molecule has 0 spiro atoms. The molecule has 0 aromatic heterocycles. The number of anilines is 1.